The second kappa shape index (κ2) is 8.22. The van der Waals surface area contributed by atoms with Gasteiger partial charge in [-0.1, -0.05) is 32.3 Å². The summed E-state index contributed by atoms with van der Waals surface area (Å²) in [6.45, 7) is 7.36. The number of piperazine rings is 1. The van der Waals surface area contributed by atoms with E-state index in [1.807, 2.05) is 12.3 Å². The van der Waals surface area contributed by atoms with Crippen molar-refractivity contribution >= 4 is 5.82 Å². The van der Waals surface area contributed by atoms with Crippen molar-refractivity contribution in [2.75, 3.05) is 37.6 Å². The number of anilines is 1. The van der Waals surface area contributed by atoms with Gasteiger partial charge >= 0.3 is 0 Å². The molecule has 0 radical (unpaired) electrons. The first-order valence-corrected chi connectivity index (χ1v) is 7.95. The van der Waals surface area contributed by atoms with Gasteiger partial charge in [-0.2, -0.15) is 0 Å². The van der Waals surface area contributed by atoms with Gasteiger partial charge in [0.1, 0.15) is 5.82 Å². The minimum Gasteiger partial charge on any atom is -0.354 e. The zero-order chi connectivity index (χ0) is 14.2. The van der Waals surface area contributed by atoms with Crippen LogP contribution in [0.15, 0.2) is 24.4 Å². The predicted octanol–water partition coefficient (Wildman–Crippen LogP) is 2.11. The van der Waals surface area contributed by atoms with E-state index in [9.17, 15) is 0 Å². The van der Waals surface area contributed by atoms with Gasteiger partial charge in [-0.3, -0.25) is 4.90 Å². The Morgan fingerprint density at radius 3 is 2.60 bits per heavy atom. The van der Waals surface area contributed by atoms with E-state index in [1.54, 1.807) is 0 Å². The summed E-state index contributed by atoms with van der Waals surface area (Å²) in [4.78, 5) is 9.37. The van der Waals surface area contributed by atoms with Crippen LogP contribution >= 0.6 is 0 Å². The number of unbranched alkanes of at least 4 members (excludes halogenated alkanes) is 2. The fourth-order valence-electron chi connectivity index (χ4n) is 2.94. The molecule has 112 valence electrons. The molecule has 2 heterocycles. The normalized spacial score (nSPS) is 18.2. The Morgan fingerprint density at radius 2 is 2.00 bits per heavy atom. The maximum Gasteiger partial charge on any atom is 0.128 e. The summed E-state index contributed by atoms with van der Waals surface area (Å²) >= 11 is 0. The quantitative estimate of drug-likeness (QED) is 0.775. The standard InChI is InChI=1S/C16H28N4/c1-2-3-4-7-15(14-17)19-10-12-20(13-11-19)16-8-5-6-9-18-16/h5-6,8-9,15H,2-4,7,10-14,17H2,1H3. The van der Waals surface area contributed by atoms with Gasteiger partial charge in [0.05, 0.1) is 0 Å². The van der Waals surface area contributed by atoms with Crippen LogP contribution in [0, 0.1) is 0 Å². The molecule has 1 aromatic rings. The van der Waals surface area contributed by atoms with Crippen LogP contribution in [0.25, 0.3) is 0 Å². The molecule has 1 atom stereocenters. The van der Waals surface area contributed by atoms with E-state index in [-0.39, 0.29) is 0 Å². The molecule has 2 rings (SSSR count). The number of pyridine rings is 1. The summed E-state index contributed by atoms with van der Waals surface area (Å²) < 4.78 is 0. The average molecular weight is 276 g/mol. The number of hydrogen-bond acceptors (Lipinski definition) is 4. The Bertz CT molecular complexity index is 360. The largest absolute Gasteiger partial charge is 0.354 e. The lowest BCUT2D eigenvalue weighted by Crippen LogP contribution is -2.52. The Kier molecular flexibility index (Phi) is 6.27. The van der Waals surface area contributed by atoms with E-state index in [4.69, 9.17) is 5.73 Å². The first-order chi connectivity index (χ1) is 9.85. The molecule has 1 unspecified atom stereocenters. The molecule has 4 nitrogen and oxygen atoms in total. The molecule has 1 fully saturated rings. The van der Waals surface area contributed by atoms with E-state index in [0.29, 0.717) is 6.04 Å². The van der Waals surface area contributed by atoms with E-state index in [1.165, 1.54) is 25.7 Å². The number of nitrogens with two attached hydrogens (primary N) is 1. The molecule has 20 heavy (non-hydrogen) atoms. The minimum absolute atomic E-state index is 0.562. The molecule has 0 amide bonds. The molecule has 1 saturated heterocycles. The van der Waals surface area contributed by atoms with Crippen molar-refractivity contribution in [1.29, 1.82) is 0 Å². The van der Waals surface area contributed by atoms with Crippen LogP contribution in [0.1, 0.15) is 32.6 Å². The lowest BCUT2D eigenvalue weighted by molar-refractivity contribution is 0.177. The molecular weight excluding hydrogens is 248 g/mol. The molecule has 0 saturated carbocycles. The van der Waals surface area contributed by atoms with E-state index < -0.39 is 0 Å². The van der Waals surface area contributed by atoms with Gasteiger partial charge in [0.15, 0.2) is 0 Å². The molecule has 0 spiro atoms. The number of nitrogens with zero attached hydrogens (tertiary/aromatic N) is 3. The van der Waals surface area contributed by atoms with Crippen LogP contribution in [0.4, 0.5) is 5.82 Å². The van der Waals surface area contributed by atoms with Crippen LogP contribution in [0.5, 0.6) is 0 Å². The maximum atomic E-state index is 5.96. The Balaban J connectivity index is 1.80. The second-order valence-electron chi connectivity index (χ2n) is 5.60. The minimum atomic E-state index is 0.562. The van der Waals surface area contributed by atoms with E-state index in [0.717, 1.165) is 38.5 Å². The van der Waals surface area contributed by atoms with Gasteiger partial charge in [-0.15, -0.1) is 0 Å². The third-order valence-corrected chi connectivity index (χ3v) is 4.22. The van der Waals surface area contributed by atoms with Crippen molar-refractivity contribution in [1.82, 2.24) is 9.88 Å². The van der Waals surface area contributed by atoms with Crippen molar-refractivity contribution in [2.24, 2.45) is 5.73 Å². The molecule has 1 aliphatic rings. The van der Waals surface area contributed by atoms with E-state index in [2.05, 4.69) is 33.8 Å². The first-order valence-electron chi connectivity index (χ1n) is 7.95. The lowest BCUT2D eigenvalue weighted by atomic mass is 10.1. The van der Waals surface area contributed by atoms with Crippen molar-refractivity contribution in [2.45, 2.75) is 38.6 Å². The monoisotopic (exact) mass is 276 g/mol. The molecule has 0 bridgehead atoms. The highest BCUT2D eigenvalue weighted by Crippen LogP contribution is 2.16. The third-order valence-electron chi connectivity index (χ3n) is 4.22. The van der Waals surface area contributed by atoms with Gasteiger partial charge in [0.2, 0.25) is 0 Å². The fourth-order valence-corrected chi connectivity index (χ4v) is 2.94. The molecule has 0 aromatic carbocycles. The first kappa shape index (κ1) is 15.3. The van der Waals surface area contributed by atoms with Crippen molar-refractivity contribution < 1.29 is 0 Å². The van der Waals surface area contributed by atoms with Crippen LogP contribution in [0.2, 0.25) is 0 Å². The zero-order valence-corrected chi connectivity index (χ0v) is 12.7. The van der Waals surface area contributed by atoms with Gasteiger partial charge in [0.25, 0.3) is 0 Å². The number of hydrogen-bond donors (Lipinski definition) is 1. The smallest absolute Gasteiger partial charge is 0.128 e. The highest BCUT2D eigenvalue weighted by molar-refractivity contribution is 5.38. The average Bonchev–Trinajstić information content (AvgIpc) is 2.53. The molecule has 4 heteroatoms. The van der Waals surface area contributed by atoms with Gasteiger partial charge in [-0.05, 0) is 18.6 Å². The third kappa shape index (κ3) is 4.18. The topological polar surface area (TPSA) is 45.4 Å². The summed E-state index contributed by atoms with van der Waals surface area (Å²) in [6.07, 6.45) is 7.02. The van der Waals surface area contributed by atoms with Crippen LogP contribution in [0.3, 0.4) is 0 Å². The van der Waals surface area contributed by atoms with Crippen molar-refractivity contribution in [3.05, 3.63) is 24.4 Å². The van der Waals surface area contributed by atoms with E-state index >= 15 is 0 Å². The molecule has 2 N–H and O–H groups in total. The maximum absolute atomic E-state index is 5.96. The molecule has 1 aromatic heterocycles. The molecule has 0 aliphatic carbocycles. The summed E-state index contributed by atoms with van der Waals surface area (Å²) in [5.41, 5.74) is 5.96. The highest BCUT2D eigenvalue weighted by Gasteiger charge is 2.23. The van der Waals surface area contributed by atoms with Crippen LogP contribution in [-0.2, 0) is 0 Å². The summed E-state index contributed by atoms with van der Waals surface area (Å²) in [5.74, 6) is 1.10. The number of rotatable bonds is 7. The Labute approximate surface area is 123 Å². The summed E-state index contributed by atoms with van der Waals surface area (Å²) in [7, 11) is 0. The number of aromatic nitrogens is 1. The van der Waals surface area contributed by atoms with Gasteiger partial charge in [-0.25, -0.2) is 4.98 Å². The molecular formula is C16H28N4. The Morgan fingerprint density at radius 1 is 1.20 bits per heavy atom. The predicted molar refractivity (Wildman–Crippen MR) is 85.0 cm³/mol. The van der Waals surface area contributed by atoms with Crippen molar-refractivity contribution in [3.8, 4) is 0 Å². The highest BCUT2D eigenvalue weighted by atomic mass is 15.3. The van der Waals surface area contributed by atoms with Crippen LogP contribution in [-0.4, -0.2) is 48.6 Å². The van der Waals surface area contributed by atoms with Crippen molar-refractivity contribution in [3.63, 3.8) is 0 Å². The zero-order valence-electron chi connectivity index (χ0n) is 12.7. The van der Waals surface area contributed by atoms with Gasteiger partial charge in [0, 0.05) is 45.0 Å². The summed E-state index contributed by atoms with van der Waals surface area (Å²) in [5, 5.41) is 0. The summed E-state index contributed by atoms with van der Waals surface area (Å²) in [6, 6.07) is 6.68. The second-order valence-corrected chi connectivity index (χ2v) is 5.60. The lowest BCUT2D eigenvalue weighted by Gasteiger charge is -2.39. The molecule has 1 aliphatic heterocycles. The SMILES string of the molecule is CCCCCC(CN)N1CCN(c2ccccn2)CC1. The Hall–Kier alpha value is -1.13. The fraction of sp³-hybridized carbons (Fsp3) is 0.688. The van der Waals surface area contributed by atoms with Gasteiger partial charge < -0.3 is 10.6 Å². The van der Waals surface area contributed by atoms with Crippen LogP contribution < -0.4 is 10.6 Å².